The van der Waals surface area contributed by atoms with E-state index in [1.807, 2.05) is 6.08 Å². The molecule has 8 rings (SSSR count). The number of fused-ring (bicyclic) bond motifs is 5. The van der Waals surface area contributed by atoms with Gasteiger partial charge >= 0.3 is 6.09 Å². The number of hydrogen-bond acceptors (Lipinski definition) is 10. The number of hydrogen-bond donors (Lipinski definition) is 2. The van der Waals surface area contributed by atoms with E-state index in [0.29, 0.717) is 43.7 Å². The van der Waals surface area contributed by atoms with Gasteiger partial charge in [-0.05, 0) is 78.4 Å². The normalized spacial score (nSPS) is 27.5. The van der Waals surface area contributed by atoms with Gasteiger partial charge in [-0.1, -0.05) is 47.0 Å². The summed E-state index contributed by atoms with van der Waals surface area (Å²) in [5.74, 6) is -5.96. The van der Waals surface area contributed by atoms with Gasteiger partial charge in [0.1, 0.15) is 17.2 Å². The Morgan fingerprint density at radius 2 is 1.73 bits per heavy atom. The van der Waals surface area contributed by atoms with Crippen LogP contribution in [0.15, 0.2) is 84.1 Å². The lowest BCUT2D eigenvalue weighted by molar-refractivity contribution is -0.140. The number of aromatic hydroxyl groups is 1. The lowest BCUT2D eigenvalue weighted by Gasteiger charge is -2.51. The Balaban J connectivity index is 1.34. The highest BCUT2D eigenvalue weighted by atomic mass is 35.5. The Bertz CT molecular complexity index is 2150. The van der Waals surface area contributed by atoms with Crippen molar-refractivity contribution in [2.24, 2.45) is 29.6 Å². The maximum atomic E-state index is 15.4. The van der Waals surface area contributed by atoms with Crippen LogP contribution in [0.5, 0.6) is 17.2 Å². The van der Waals surface area contributed by atoms with E-state index in [2.05, 4.69) is 5.43 Å². The summed E-state index contributed by atoms with van der Waals surface area (Å²) in [4.78, 5) is 71.0. The molecule has 6 atom stereocenters. The molecule has 3 fully saturated rings. The van der Waals surface area contributed by atoms with Crippen molar-refractivity contribution < 1.29 is 43.3 Å². The molecule has 2 N–H and O–H groups in total. The van der Waals surface area contributed by atoms with Gasteiger partial charge in [0, 0.05) is 22.9 Å². The smallest absolute Gasteiger partial charge is 0.423 e. The van der Waals surface area contributed by atoms with Crippen LogP contribution in [0, 0.1) is 29.6 Å². The van der Waals surface area contributed by atoms with Gasteiger partial charge in [-0.2, -0.15) is 9.91 Å². The number of likely N-dealkylation sites (tertiary alicyclic amines) is 1. The van der Waals surface area contributed by atoms with E-state index in [9.17, 15) is 24.3 Å². The van der Waals surface area contributed by atoms with Crippen molar-refractivity contribution >= 4 is 58.6 Å². The molecule has 5 aliphatic rings. The van der Waals surface area contributed by atoms with Gasteiger partial charge in [0.25, 0.3) is 11.8 Å². The van der Waals surface area contributed by atoms with Crippen LogP contribution in [0.2, 0.25) is 10.0 Å². The number of amides is 5. The maximum absolute atomic E-state index is 15.4. The third-order valence-corrected chi connectivity index (χ3v) is 11.6. The molecule has 0 aromatic heterocycles. The molecule has 0 radical (unpaired) electrons. The molecule has 0 unspecified atom stereocenters. The largest absolute Gasteiger partial charge is 0.508 e. The molecule has 2 aliphatic carbocycles. The van der Waals surface area contributed by atoms with Gasteiger partial charge in [-0.15, -0.1) is 0 Å². The fourth-order valence-electron chi connectivity index (χ4n) is 8.93. The number of carbonyl (C=O) groups excluding carboxylic acids is 5. The van der Waals surface area contributed by atoms with Crippen molar-refractivity contribution in [1.82, 2.24) is 9.91 Å². The van der Waals surface area contributed by atoms with Crippen molar-refractivity contribution in [3.63, 3.8) is 0 Å². The Hall–Kier alpha value is -5.33. The number of phenols is 1. The number of hydrazine groups is 1. The first-order valence-electron chi connectivity index (χ1n) is 16.6. The summed E-state index contributed by atoms with van der Waals surface area (Å²) in [5, 5.41) is 11.9. The number of nitrogens with zero attached hydrogens (tertiary/aromatic N) is 2. The first kappa shape index (κ1) is 33.8. The number of carbonyl (C=O) groups is 5. The number of rotatable bonds is 5. The second-order valence-electron chi connectivity index (χ2n) is 13.5. The summed E-state index contributed by atoms with van der Waals surface area (Å²) >= 11 is 12.7. The van der Waals surface area contributed by atoms with Crippen LogP contribution in [0.25, 0.3) is 0 Å². The lowest BCUT2D eigenvalue weighted by atomic mass is 9.48. The molecule has 1 saturated carbocycles. The van der Waals surface area contributed by atoms with Crippen molar-refractivity contribution in [3.8, 4) is 17.2 Å². The Morgan fingerprint density at radius 3 is 2.44 bits per heavy atom. The van der Waals surface area contributed by atoms with Crippen LogP contribution in [0.3, 0.4) is 0 Å². The average Bonchev–Trinajstić information content (AvgIpc) is 3.52. The minimum absolute atomic E-state index is 0.00613. The lowest BCUT2D eigenvalue weighted by Crippen LogP contribution is -2.55. The van der Waals surface area contributed by atoms with Gasteiger partial charge in [-0.3, -0.25) is 24.6 Å². The van der Waals surface area contributed by atoms with E-state index in [1.165, 1.54) is 19.2 Å². The SMILES string of the molecule is COC(=O)N1C(=O)[C@H]2[C@H](CC=C3[C@H](C4=COc5ccc(O)cc5C4)[C@]4(c5ccc(OC)cc5)C(=O)N(Nc5ccc(Cl)cc5Cl)C(=O)[C@@H]4C[C@H]32)C1=O. The Labute approximate surface area is 307 Å². The summed E-state index contributed by atoms with van der Waals surface area (Å²) in [7, 11) is 2.62. The van der Waals surface area contributed by atoms with Crippen molar-refractivity contribution in [2.75, 3.05) is 19.6 Å². The number of phenolic OH excluding ortho intramolecular Hbond substituents is 1. The van der Waals surface area contributed by atoms with Crippen molar-refractivity contribution in [3.05, 3.63) is 105 Å². The molecule has 3 aromatic rings. The van der Waals surface area contributed by atoms with E-state index < -0.39 is 64.7 Å². The number of benzene rings is 3. The van der Waals surface area contributed by atoms with E-state index in [1.54, 1.807) is 54.8 Å². The quantitative estimate of drug-likeness (QED) is 0.242. The minimum atomic E-state index is -1.60. The van der Waals surface area contributed by atoms with E-state index in [4.69, 9.17) is 37.4 Å². The van der Waals surface area contributed by atoms with Crippen LogP contribution >= 0.6 is 23.2 Å². The van der Waals surface area contributed by atoms with Crippen molar-refractivity contribution in [1.29, 1.82) is 0 Å². The van der Waals surface area contributed by atoms with Crippen molar-refractivity contribution in [2.45, 2.75) is 24.7 Å². The topological polar surface area (TPSA) is 152 Å². The number of anilines is 1. The molecule has 3 heterocycles. The summed E-state index contributed by atoms with van der Waals surface area (Å²) in [6.45, 7) is 0. The molecule has 5 amide bonds. The van der Waals surface area contributed by atoms with Crippen LogP contribution in [0.4, 0.5) is 10.5 Å². The average molecular weight is 745 g/mol. The van der Waals surface area contributed by atoms with Gasteiger partial charge in [-0.25, -0.2) is 4.79 Å². The summed E-state index contributed by atoms with van der Waals surface area (Å²) in [6, 6.07) is 16.3. The van der Waals surface area contributed by atoms with E-state index in [-0.39, 0.29) is 35.7 Å². The zero-order chi connectivity index (χ0) is 36.6. The molecule has 0 bridgehead atoms. The highest BCUT2D eigenvalue weighted by molar-refractivity contribution is 6.36. The molecule has 266 valence electrons. The predicted octanol–water partition coefficient (Wildman–Crippen LogP) is 5.81. The van der Waals surface area contributed by atoms with Gasteiger partial charge in [0.05, 0.1) is 54.4 Å². The van der Waals surface area contributed by atoms with Gasteiger partial charge in [0.2, 0.25) is 11.8 Å². The molecule has 0 spiro atoms. The molecular formula is C38H31Cl2N3O9. The molecule has 2 saturated heterocycles. The molecule has 3 aliphatic heterocycles. The zero-order valence-electron chi connectivity index (χ0n) is 27.8. The number of methoxy groups -OCH3 is 2. The first-order valence-corrected chi connectivity index (χ1v) is 17.3. The van der Waals surface area contributed by atoms with Crippen LogP contribution < -0.4 is 14.9 Å². The number of allylic oxidation sites excluding steroid dienone is 3. The Kier molecular flexibility index (Phi) is 8.07. The molecule has 14 heteroatoms. The summed E-state index contributed by atoms with van der Waals surface area (Å²) < 4.78 is 16.4. The number of nitrogens with one attached hydrogen (secondary N) is 1. The third kappa shape index (κ3) is 4.84. The van der Waals surface area contributed by atoms with Gasteiger partial charge in [0.15, 0.2) is 0 Å². The van der Waals surface area contributed by atoms with Gasteiger partial charge < -0.3 is 19.3 Å². The molecule has 3 aromatic carbocycles. The molecule has 52 heavy (non-hydrogen) atoms. The number of imide groups is 4. The molecule has 12 nitrogen and oxygen atoms in total. The fraction of sp³-hybridized carbons (Fsp3) is 0.289. The highest BCUT2D eigenvalue weighted by Gasteiger charge is 2.71. The summed E-state index contributed by atoms with van der Waals surface area (Å²) in [5.41, 5.74) is 4.08. The van der Waals surface area contributed by atoms with E-state index in [0.717, 1.165) is 12.1 Å². The number of halogens is 2. The van der Waals surface area contributed by atoms with Crippen LogP contribution in [-0.4, -0.2) is 59.0 Å². The monoisotopic (exact) mass is 743 g/mol. The van der Waals surface area contributed by atoms with E-state index >= 15 is 4.79 Å². The zero-order valence-corrected chi connectivity index (χ0v) is 29.3. The highest BCUT2D eigenvalue weighted by Crippen LogP contribution is 2.63. The van der Waals surface area contributed by atoms with Crippen LogP contribution in [0.1, 0.15) is 24.0 Å². The second-order valence-corrected chi connectivity index (χ2v) is 14.3. The molecular weight excluding hydrogens is 713 g/mol. The first-order chi connectivity index (χ1) is 25.0. The Morgan fingerprint density at radius 1 is 0.962 bits per heavy atom. The fourth-order valence-corrected chi connectivity index (χ4v) is 9.38. The number of ether oxygens (including phenoxy) is 3. The second kappa shape index (κ2) is 12.4. The van der Waals surface area contributed by atoms with Crippen LogP contribution in [-0.2, 0) is 35.8 Å². The minimum Gasteiger partial charge on any atom is -0.508 e. The predicted molar refractivity (Wildman–Crippen MR) is 186 cm³/mol. The standard InChI is InChI=1S/C38H31Cl2N3O9/c1-50-23-7-3-20(4-8-23)38-27(34(46)43(36(38)48)41-29-11-5-21(39)15-28(29)40)16-26-24(9-10-25-31(26)35(47)42(33(25)45)37(49)51-2)32(38)19-13-18-14-22(44)6-12-30(18)52-17-19/h3-9,11-12,14-15,17,25-27,31-32,41,44H,10,13,16H2,1-2H3/t25-,26+,27-,31-,32-,38+/m0/s1. The maximum Gasteiger partial charge on any atom is 0.423 e. The summed E-state index contributed by atoms with van der Waals surface area (Å²) in [6.07, 6.45) is 2.71. The third-order valence-electron chi connectivity index (χ3n) is 11.1.